The fourth-order valence-corrected chi connectivity index (χ4v) is 1.60. The summed E-state index contributed by atoms with van der Waals surface area (Å²) in [5, 5.41) is 1.45. The lowest BCUT2D eigenvalue weighted by Gasteiger charge is -2.06. The Hall–Kier alpha value is -1.28. The van der Waals surface area contributed by atoms with E-state index in [-0.39, 0.29) is 0 Å². The average Bonchev–Trinajstić information content (AvgIpc) is 2.15. The smallest absolute Gasteiger partial charge is 0.0825 e. The van der Waals surface area contributed by atoms with Crippen LogP contribution in [0.1, 0.15) is 11.1 Å². The highest BCUT2D eigenvalue weighted by Gasteiger charge is 2.05. The molecule has 0 saturated carbocycles. The number of anilines is 1. The van der Waals surface area contributed by atoms with Crippen molar-refractivity contribution in [3.8, 4) is 0 Å². The first-order chi connectivity index (χ1) is 6.59. The number of benzene rings is 1. The zero-order valence-electron chi connectivity index (χ0n) is 8.13. The molecule has 0 amide bonds. The topological polar surface area (TPSA) is 38.9 Å². The molecule has 0 radical (unpaired) electrons. The Balaban J connectivity index is 2.89. The van der Waals surface area contributed by atoms with E-state index >= 15 is 0 Å². The van der Waals surface area contributed by atoms with Crippen LogP contribution in [-0.4, -0.2) is 4.98 Å². The monoisotopic (exact) mass is 206 g/mol. The van der Waals surface area contributed by atoms with E-state index in [1.807, 2.05) is 12.1 Å². The van der Waals surface area contributed by atoms with Crippen molar-refractivity contribution in [2.45, 2.75) is 13.8 Å². The van der Waals surface area contributed by atoms with Crippen LogP contribution in [0, 0.1) is 13.8 Å². The number of nitrogens with zero attached hydrogens (tertiary/aromatic N) is 1. The highest BCUT2D eigenvalue weighted by molar-refractivity contribution is 6.34. The number of hydrogen-bond donors (Lipinski definition) is 1. The number of nitrogens with two attached hydrogens (primary N) is 1. The first kappa shape index (κ1) is 9.28. The van der Waals surface area contributed by atoms with Crippen molar-refractivity contribution in [3.05, 3.63) is 34.5 Å². The SMILES string of the molecule is Cc1cc2ncc(Cl)c(N)c2cc1C. The maximum Gasteiger partial charge on any atom is 0.0825 e. The van der Waals surface area contributed by atoms with Gasteiger partial charge in [0.2, 0.25) is 0 Å². The standard InChI is InChI=1S/C11H11ClN2/c1-6-3-8-10(4-7(6)2)14-5-9(12)11(8)13/h3-5H,1-2H3,(H2,13,14). The summed E-state index contributed by atoms with van der Waals surface area (Å²) in [4.78, 5) is 4.23. The number of aromatic nitrogens is 1. The van der Waals surface area contributed by atoms with Crippen LogP contribution in [0.15, 0.2) is 18.3 Å². The predicted octanol–water partition coefficient (Wildman–Crippen LogP) is 3.09. The van der Waals surface area contributed by atoms with Crippen LogP contribution in [0.4, 0.5) is 5.69 Å². The van der Waals surface area contributed by atoms with Crippen molar-refractivity contribution in [1.82, 2.24) is 4.98 Å². The minimum Gasteiger partial charge on any atom is -0.397 e. The largest absolute Gasteiger partial charge is 0.397 e. The van der Waals surface area contributed by atoms with Crippen LogP contribution >= 0.6 is 11.6 Å². The Morgan fingerprint density at radius 1 is 1.21 bits per heavy atom. The van der Waals surface area contributed by atoms with Gasteiger partial charge in [-0.2, -0.15) is 0 Å². The van der Waals surface area contributed by atoms with Gasteiger partial charge in [-0.25, -0.2) is 0 Å². The number of hydrogen-bond acceptors (Lipinski definition) is 2. The van der Waals surface area contributed by atoms with Gasteiger partial charge >= 0.3 is 0 Å². The fourth-order valence-electron chi connectivity index (χ4n) is 1.45. The predicted molar refractivity (Wildman–Crippen MR) is 60.6 cm³/mol. The van der Waals surface area contributed by atoms with E-state index in [4.69, 9.17) is 17.3 Å². The van der Waals surface area contributed by atoms with E-state index in [9.17, 15) is 0 Å². The molecule has 0 unspecified atom stereocenters. The van der Waals surface area contributed by atoms with Crippen LogP contribution in [-0.2, 0) is 0 Å². The van der Waals surface area contributed by atoms with Crippen LogP contribution in [0.25, 0.3) is 10.9 Å². The molecule has 0 fully saturated rings. The lowest BCUT2D eigenvalue weighted by atomic mass is 10.1. The molecule has 0 saturated heterocycles. The summed E-state index contributed by atoms with van der Waals surface area (Å²) < 4.78 is 0. The molecular weight excluding hydrogens is 196 g/mol. The van der Waals surface area contributed by atoms with Crippen LogP contribution < -0.4 is 5.73 Å². The Morgan fingerprint density at radius 3 is 2.57 bits per heavy atom. The van der Waals surface area contributed by atoms with Gasteiger partial charge in [0, 0.05) is 11.6 Å². The van der Waals surface area contributed by atoms with E-state index in [1.54, 1.807) is 6.20 Å². The molecule has 2 N–H and O–H groups in total. The Kier molecular flexibility index (Phi) is 2.08. The maximum atomic E-state index is 5.89. The third-order valence-electron chi connectivity index (χ3n) is 2.48. The molecule has 0 atom stereocenters. The second-order valence-electron chi connectivity index (χ2n) is 3.47. The normalized spacial score (nSPS) is 10.8. The molecule has 0 aliphatic rings. The maximum absolute atomic E-state index is 5.89. The lowest BCUT2D eigenvalue weighted by Crippen LogP contribution is -1.92. The summed E-state index contributed by atoms with van der Waals surface area (Å²) in [7, 11) is 0. The van der Waals surface area contributed by atoms with Gasteiger partial charge in [-0.3, -0.25) is 4.98 Å². The highest BCUT2D eigenvalue weighted by atomic mass is 35.5. The zero-order valence-corrected chi connectivity index (χ0v) is 8.89. The fraction of sp³-hybridized carbons (Fsp3) is 0.182. The molecule has 0 aliphatic carbocycles. The molecule has 1 aromatic carbocycles. The summed E-state index contributed by atoms with van der Waals surface area (Å²) in [5.74, 6) is 0. The van der Waals surface area contributed by atoms with Gasteiger partial charge in [-0.05, 0) is 37.1 Å². The van der Waals surface area contributed by atoms with Crippen molar-refractivity contribution >= 4 is 28.2 Å². The van der Waals surface area contributed by atoms with E-state index in [2.05, 4.69) is 18.8 Å². The number of pyridine rings is 1. The van der Waals surface area contributed by atoms with Crippen LogP contribution in [0.3, 0.4) is 0 Å². The highest BCUT2D eigenvalue weighted by Crippen LogP contribution is 2.28. The summed E-state index contributed by atoms with van der Waals surface area (Å²) in [5.41, 5.74) is 9.79. The Morgan fingerprint density at radius 2 is 1.86 bits per heavy atom. The molecule has 3 heteroatoms. The number of fused-ring (bicyclic) bond motifs is 1. The van der Waals surface area contributed by atoms with Crippen molar-refractivity contribution in [2.75, 3.05) is 5.73 Å². The van der Waals surface area contributed by atoms with Crippen molar-refractivity contribution < 1.29 is 0 Å². The number of aryl methyl sites for hydroxylation is 2. The quantitative estimate of drug-likeness (QED) is 0.720. The van der Waals surface area contributed by atoms with Crippen molar-refractivity contribution in [3.63, 3.8) is 0 Å². The van der Waals surface area contributed by atoms with Gasteiger partial charge < -0.3 is 5.73 Å². The molecule has 0 spiro atoms. The van der Waals surface area contributed by atoms with Crippen molar-refractivity contribution in [2.24, 2.45) is 0 Å². The summed E-state index contributed by atoms with van der Waals surface area (Å²) >= 11 is 5.89. The van der Waals surface area contributed by atoms with Crippen LogP contribution in [0.5, 0.6) is 0 Å². The van der Waals surface area contributed by atoms with Gasteiger partial charge in [-0.1, -0.05) is 11.6 Å². The van der Waals surface area contributed by atoms with E-state index < -0.39 is 0 Å². The zero-order chi connectivity index (χ0) is 10.3. The van der Waals surface area contributed by atoms with Gasteiger partial charge in [0.15, 0.2) is 0 Å². The molecule has 1 aromatic heterocycles. The van der Waals surface area contributed by atoms with E-state index in [0.717, 1.165) is 10.9 Å². The lowest BCUT2D eigenvalue weighted by molar-refractivity contribution is 1.33. The van der Waals surface area contributed by atoms with Gasteiger partial charge in [0.1, 0.15) is 0 Å². The van der Waals surface area contributed by atoms with E-state index in [1.165, 1.54) is 11.1 Å². The molecule has 0 bridgehead atoms. The minimum atomic E-state index is 0.515. The molecule has 14 heavy (non-hydrogen) atoms. The first-order valence-electron chi connectivity index (χ1n) is 4.40. The minimum absolute atomic E-state index is 0.515. The molecule has 0 aliphatic heterocycles. The molecular formula is C11H11ClN2. The second kappa shape index (κ2) is 3.14. The third kappa shape index (κ3) is 1.32. The van der Waals surface area contributed by atoms with Crippen LogP contribution in [0.2, 0.25) is 5.02 Å². The number of halogens is 1. The van der Waals surface area contributed by atoms with Gasteiger partial charge in [-0.15, -0.1) is 0 Å². The molecule has 2 nitrogen and oxygen atoms in total. The number of nitrogen functional groups attached to an aromatic ring is 1. The summed E-state index contributed by atoms with van der Waals surface area (Å²) in [6, 6.07) is 4.05. The summed E-state index contributed by atoms with van der Waals surface area (Å²) in [6.45, 7) is 4.11. The van der Waals surface area contributed by atoms with Gasteiger partial charge in [0.05, 0.1) is 16.2 Å². The van der Waals surface area contributed by atoms with Gasteiger partial charge in [0.25, 0.3) is 0 Å². The Bertz CT molecular complexity index is 506. The first-order valence-corrected chi connectivity index (χ1v) is 4.78. The summed E-state index contributed by atoms with van der Waals surface area (Å²) in [6.07, 6.45) is 1.59. The number of rotatable bonds is 0. The van der Waals surface area contributed by atoms with Crippen molar-refractivity contribution in [1.29, 1.82) is 0 Å². The molecule has 2 rings (SSSR count). The van der Waals surface area contributed by atoms with E-state index in [0.29, 0.717) is 10.7 Å². The molecule has 2 aromatic rings. The second-order valence-corrected chi connectivity index (χ2v) is 3.88. The molecule has 72 valence electrons. The third-order valence-corrected chi connectivity index (χ3v) is 2.78. The Labute approximate surface area is 87.7 Å². The average molecular weight is 207 g/mol. The molecule has 1 heterocycles.